The Hall–Kier alpha value is -1.92. The van der Waals surface area contributed by atoms with Crippen molar-refractivity contribution in [2.75, 3.05) is 5.73 Å². The van der Waals surface area contributed by atoms with Gasteiger partial charge in [0.15, 0.2) is 5.75 Å². The van der Waals surface area contributed by atoms with Gasteiger partial charge in [0, 0.05) is 12.0 Å². The fourth-order valence-electron chi connectivity index (χ4n) is 1.37. The molecule has 0 aliphatic rings. The lowest BCUT2D eigenvalue weighted by Crippen LogP contribution is -2.34. The molecule has 0 aliphatic heterocycles. The molecule has 1 amide bonds. The van der Waals surface area contributed by atoms with Crippen LogP contribution in [-0.2, 0) is 11.3 Å². The van der Waals surface area contributed by atoms with Crippen LogP contribution in [0.3, 0.4) is 0 Å². The summed E-state index contributed by atoms with van der Waals surface area (Å²) in [6, 6.07) is 3.88. The van der Waals surface area contributed by atoms with E-state index >= 15 is 0 Å². The highest BCUT2D eigenvalue weighted by Gasteiger charge is 2.31. The first kappa shape index (κ1) is 16.1. The molecular formula is C13H17F3N2O2. The van der Waals surface area contributed by atoms with Crippen molar-refractivity contribution < 1.29 is 22.7 Å². The lowest BCUT2D eigenvalue weighted by Gasteiger charge is -2.18. The van der Waals surface area contributed by atoms with Crippen molar-refractivity contribution in [1.29, 1.82) is 0 Å². The second-order valence-corrected chi connectivity index (χ2v) is 5.35. The van der Waals surface area contributed by atoms with Gasteiger partial charge in [-0.25, -0.2) is 0 Å². The SMILES string of the molecule is CC(C)(C)C(=O)NCc1ccc(OC(F)(F)F)c(N)c1. The Labute approximate surface area is 115 Å². The Bertz CT molecular complexity index is 493. The van der Waals surface area contributed by atoms with Crippen LogP contribution in [-0.4, -0.2) is 12.3 Å². The normalized spacial score (nSPS) is 12.1. The lowest BCUT2D eigenvalue weighted by atomic mass is 9.95. The number of nitrogens with two attached hydrogens (primary N) is 1. The highest BCUT2D eigenvalue weighted by molar-refractivity contribution is 5.81. The molecule has 0 unspecified atom stereocenters. The van der Waals surface area contributed by atoms with E-state index in [-0.39, 0.29) is 18.1 Å². The molecule has 0 aromatic heterocycles. The summed E-state index contributed by atoms with van der Waals surface area (Å²) in [6.07, 6.45) is -4.78. The van der Waals surface area contributed by atoms with Gasteiger partial charge in [0.05, 0.1) is 5.69 Å². The van der Waals surface area contributed by atoms with Crippen LogP contribution in [0.15, 0.2) is 18.2 Å². The highest BCUT2D eigenvalue weighted by Crippen LogP contribution is 2.28. The third-order valence-electron chi connectivity index (χ3n) is 2.43. The second kappa shape index (κ2) is 5.60. The minimum atomic E-state index is -4.78. The molecule has 0 atom stereocenters. The number of alkyl halides is 3. The van der Waals surface area contributed by atoms with Crippen molar-refractivity contribution in [1.82, 2.24) is 5.32 Å². The predicted octanol–water partition coefficient (Wildman–Crippen LogP) is 2.83. The molecule has 7 heteroatoms. The number of nitrogens with one attached hydrogen (secondary N) is 1. The number of rotatable bonds is 3. The molecule has 4 nitrogen and oxygen atoms in total. The van der Waals surface area contributed by atoms with E-state index in [0.29, 0.717) is 5.56 Å². The maximum absolute atomic E-state index is 12.1. The van der Waals surface area contributed by atoms with Crippen LogP contribution in [0.5, 0.6) is 5.75 Å². The first-order valence-corrected chi connectivity index (χ1v) is 5.91. The van der Waals surface area contributed by atoms with E-state index in [1.54, 1.807) is 20.8 Å². The van der Waals surface area contributed by atoms with Gasteiger partial charge in [-0.1, -0.05) is 26.8 Å². The molecule has 1 rings (SSSR count). The van der Waals surface area contributed by atoms with Crippen molar-refractivity contribution in [3.05, 3.63) is 23.8 Å². The molecule has 0 fully saturated rings. The summed E-state index contributed by atoms with van der Waals surface area (Å²) in [6.45, 7) is 5.47. The average Bonchev–Trinajstić information content (AvgIpc) is 2.26. The number of amides is 1. The van der Waals surface area contributed by atoms with E-state index in [1.807, 2.05) is 0 Å². The van der Waals surface area contributed by atoms with Gasteiger partial charge in [0.2, 0.25) is 5.91 Å². The Kier molecular flexibility index (Phi) is 4.52. The molecule has 0 heterocycles. The fourth-order valence-corrected chi connectivity index (χ4v) is 1.37. The quantitative estimate of drug-likeness (QED) is 0.841. The lowest BCUT2D eigenvalue weighted by molar-refractivity contribution is -0.274. The summed E-state index contributed by atoms with van der Waals surface area (Å²) >= 11 is 0. The van der Waals surface area contributed by atoms with E-state index in [2.05, 4.69) is 10.1 Å². The summed E-state index contributed by atoms with van der Waals surface area (Å²) in [5, 5.41) is 2.68. The predicted molar refractivity (Wildman–Crippen MR) is 68.8 cm³/mol. The zero-order chi connectivity index (χ0) is 15.6. The highest BCUT2D eigenvalue weighted by atomic mass is 19.4. The van der Waals surface area contributed by atoms with E-state index in [9.17, 15) is 18.0 Å². The van der Waals surface area contributed by atoms with Crippen LogP contribution in [0.2, 0.25) is 0 Å². The molecule has 112 valence electrons. The van der Waals surface area contributed by atoms with Crippen molar-refractivity contribution in [2.45, 2.75) is 33.7 Å². The summed E-state index contributed by atoms with van der Waals surface area (Å²) in [5.41, 5.74) is 5.40. The van der Waals surface area contributed by atoms with Gasteiger partial charge in [-0.2, -0.15) is 0 Å². The van der Waals surface area contributed by atoms with Crippen LogP contribution in [0.4, 0.5) is 18.9 Å². The molecule has 0 spiro atoms. The first-order chi connectivity index (χ1) is 8.99. The van der Waals surface area contributed by atoms with Crippen LogP contribution >= 0.6 is 0 Å². The van der Waals surface area contributed by atoms with Crippen LogP contribution in [0.25, 0.3) is 0 Å². The van der Waals surface area contributed by atoms with E-state index in [0.717, 1.165) is 6.07 Å². The number of hydrogen-bond acceptors (Lipinski definition) is 3. The fraction of sp³-hybridized carbons (Fsp3) is 0.462. The zero-order valence-corrected chi connectivity index (χ0v) is 11.5. The van der Waals surface area contributed by atoms with Gasteiger partial charge in [0.25, 0.3) is 0 Å². The smallest absolute Gasteiger partial charge is 0.404 e. The number of ether oxygens (including phenoxy) is 1. The molecular weight excluding hydrogens is 273 g/mol. The van der Waals surface area contributed by atoms with Gasteiger partial charge in [-0.05, 0) is 17.7 Å². The maximum atomic E-state index is 12.1. The minimum Gasteiger partial charge on any atom is -0.404 e. The van der Waals surface area contributed by atoms with Crippen molar-refractivity contribution in [3.8, 4) is 5.75 Å². The second-order valence-electron chi connectivity index (χ2n) is 5.35. The van der Waals surface area contributed by atoms with E-state index < -0.39 is 17.5 Å². The number of benzene rings is 1. The van der Waals surface area contributed by atoms with Crippen LogP contribution in [0.1, 0.15) is 26.3 Å². The van der Waals surface area contributed by atoms with E-state index in [4.69, 9.17) is 5.73 Å². The number of carbonyl (C=O) groups excluding carboxylic acids is 1. The van der Waals surface area contributed by atoms with Gasteiger partial charge in [-0.15, -0.1) is 13.2 Å². The molecule has 3 N–H and O–H groups in total. The Morgan fingerprint density at radius 2 is 1.90 bits per heavy atom. The largest absolute Gasteiger partial charge is 0.573 e. The molecule has 0 saturated carbocycles. The van der Waals surface area contributed by atoms with Crippen molar-refractivity contribution in [3.63, 3.8) is 0 Å². The Morgan fingerprint density at radius 1 is 1.30 bits per heavy atom. The molecule has 20 heavy (non-hydrogen) atoms. The number of carbonyl (C=O) groups is 1. The summed E-state index contributed by atoms with van der Waals surface area (Å²) in [4.78, 5) is 11.7. The number of anilines is 1. The van der Waals surface area contributed by atoms with Crippen LogP contribution in [0, 0.1) is 5.41 Å². The average molecular weight is 290 g/mol. The Balaban J connectivity index is 2.71. The minimum absolute atomic E-state index is 0.134. The van der Waals surface area contributed by atoms with Crippen molar-refractivity contribution in [2.24, 2.45) is 5.41 Å². The standard InChI is InChI=1S/C13H17F3N2O2/c1-12(2,3)11(19)18-7-8-4-5-10(9(17)6-8)20-13(14,15)16/h4-6H,7,17H2,1-3H3,(H,18,19). The molecule has 1 aromatic rings. The monoisotopic (exact) mass is 290 g/mol. The molecule has 0 bridgehead atoms. The van der Waals surface area contributed by atoms with Gasteiger partial charge in [-0.3, -0.25) is 4.79 Å². The number of hydrogen-bond donors (Lipinski definition) is 2. The Morgan fingerprint density at radius 3 is 2.35 bits per heavy atom. The van der Waals surface area contributed by atoms with Crippen molar-refractivity contribution >= 4 is 11.6 Å². The van der Waals surface area contributed by atoms with Gasteiger partial charge in [0.1, 0.15) is 0 Å². The molecule has 0 aliphatic carbocycles. The molecule has 0 radical (unpaired) electrons. The third kappa shape index (κ3) is 4.99. The van der Waals surface area contributed by atoms with E-state index in [1.165, 1.54) is 12.1 Å². The number of nitrogen functional groups attached to an aromatic ring is 1. The third-order valence-corrected chi connectivity index (χ3v) is 2.43. The molecule has 1 aromatic carbocycles. The van der Waals surface area contributed by atoms with Gasteiger partial charge >= 0.3 is 6.36 Å². The summed E-state index contributed by atoms with van der Waals surface area (Å²) in [7, 11) is 0. The maximum Gasteiger partial charge on any atom is 0.573 e. The zero-order valence-electron chi connectivity index (χ0n) is 11.5. The van der Waals surface area contributed by atoms with Crippen LogP contribution < -0.4 is 15.8 Å². The number of halogens is 3. The molecule has 0 saturated heterocycles. The first-order valence-electron chi connectivity index (χ1n) is 5.91. The summed E-state index contributed by atoms with van der Waals surface area (Å²) < 4.78 is 40.0. The summed E-state index contributed by atoms with van der Waals surface area (Å²) in [5.74, 6) is -0.616. The topological polar surface area (TPSA) is 64.3 Å². The van der Waals surface area contributed by atoms with Gasteiger partial charge < -0.3 is 15.8 Å².